The Morgan fingerprint density at radius 2 is 1.89 bits per heavy atom. The molecule has 1 aromatic carbocycles. The SMILES string of the molecule is CCCCn1nc(C)cc1NC(=O)N1CCC(NC(=O)c2ccccc2)CC1. The average Bonchev–Trinajstić information content (AvgIpc) is 3.06. The fraction of sp³-hybridized carbons (Fsp3) is 0.476. The van der Waals surface area contributed by atoms with Crippen LogP contribution in [0.4, 0.5) is 10.6 Å². The van der Waals surface area contributed by atoms with Gasteiger partial charge in [-0.25, -0.2) is 9.48 Å². The zero-order valence-electron chi connectivity index (χ0n) is 16.6. The third-order valence-corrected chi connectivity index (χ3v) is 5.01. The van der Waals surface area contributed by atoms with E-state index in [1.165, 1.54) is 0 Å². The third-order valence-electron chi connectivity index (χ3n) is 5.01. The first-order valence-electron chi connectivity index (χ1n) is 10.0. The maximum atomic E-state index is 12.6. The summed E-state index contributed by atoms with van der Waals surface area (Å²) >= 11 is 0. The molecule has 3 amide bonds. The van der Waals surface area contributed by atoms with Crippen molar-refractivity contribution in [2.45, 2.75) is 52.1 Å². The lowest BCUT2D eigenvalue weighted by Gasteiger charge is -2.32. The molecule has 0 unspecified atom stereocenters. The van der Waals surface area contributed by atoms with Crippen LogP contribution in [0.5, 0.6) is 0 Å². The van der Waals surface area contributed by atoms with Crippen molar-refractivity contribution < 1.29 is 9.59 Å². The van der Waals surface area contributed by atoms with Crippen LogP contribution >= 0.6 is 0 Å². The molecule has 7 nitrogen and oxygen atoms in total. The lowest BCUT2D eigenvalue weighted by molar-refractivity contribution is 0.0919. The van der Waals surface area contributed by atoms with Gasteiger partial charge in [-0.2, -0.15) is 5.10 Å². The van der Waals surface area contributed by atoms with Gasteiger partial charge in [-0.15, -0.1) is 0 Å². The van der Waals surface area contributed by atoms with Gasteiger partial charge in [-0.3, -0.25) is 10.1 Å². The smallest absolute Gasteiger partial charge is 0.323 e. The minimum atomic E-state index is -0.106. The van der Waals surface area contributed by atoms with Gasteiger partial charge in [0.05, 0.1) is 5.69 Å². The number of amides is 3. The molecule has 28 heavy (non-hydrogen) atoms. The number of benzene rings is 1. The number of aryl methyl sites for hydroxylation is 2. The molecule has 0 radical (unpaired) electrons. The Bertz CT molecular complexity index is 794. The molecule has 2 N–H and O–H groups in total. The van der Waals surface area contributed by atoms with E-state index in [1.54, 1.807) is 4.90 Å². The van der Waals surface area contributed by atoms with Crippen LogP contribution in [0.3, 0.4) is 0 Å². The number of piperidine rings is 1. The number of aromatic nitrogens is 2. The normalized spacial score (nSPS) is 14.7. The first kappa shape index (κ1) is 19.9. The summed E-state index contributed by atoms with van der Waals surface area (Å²) in [5.74, 6) is 0.689. The number of hydrogen-bond acceptors (Lipinski definition) is 3. The van der Waals surface area contributed by atoms with Crippen LogP contribution in [-0.4, -0.2) is 45.8 Å². The summed E-state index contributed by atoms with van der Waals surface area (Å²) in [6, 6.07) is 11.1. The van der Waals surface area contributed by atoms with E-state index in [1.807, 2.05) is 48.0 Å². The third kappa shape index (κ3) is 5.12. The summed E-state index contributed by atoms with van der Waals surface area (Å²) in [7, 11) is 0. The van der Waals surface area contributed by atoms with Crippen molar-refractivity contribution in [1.29, 1.82) is 0 Å². The van der Waals surface area contributed by atoms with Gasteiger partial charge in [0, 0.05) is 37.3 Å². The fourth-order valence-electron chi connectivity index (χ4n) is 3.40. The van der Waals surface area contributed by atoms with Crippen molar-refractivity contribution >= 4 is 17.8 Å². The van der Waals surface area contributed by atoms with Crippen molar-refractivity contribution in [3.63, 3.8) is 0 Å². The predicted octanol–water partition coefficient (Wildman–Crippen LogP) is 3.42. The number of carbonyl (C=O) groups is 2. The molecule has 1 fully saturated rings. The van der Waals surface area contributed by atoms with Crippen molar-refractivity contribution in [3.8, 4) is 0 Å². The number of unbranched alkanes of at least 4 members (excludes halogenated alkanes) is 1. The van der Waals surface area contributed by atoms with Crippen LogP contribution in [-0.2, 0) is 6.54 Å². The van der Waals surface area contributed by atoms with E-state index in [0.29, 0.717) is 18.7 Å². The fourth-order valence-corrected chi connectivity index (χ4v) is 3.40. The number of hydrogen-bond donors (Lipinski definition) is 2. The van der Waals surface area contributed by atoms with Crippen LogP contribution < -0.4 is 10.6 Å². The molecular weight excluding hydrogens is 354 g/mol. The number of carbonyl (C=O) groups excluding carboxylic acids is 2. The molecule has 1 aliphatic heterocycles. The second-order valence-corrected chi connectivity index (χ2v) is 7.28. The zero-order chi connectivity index (χ0) is 19.9. The molecular formula is C21H29N5O2. The number of anilines is 1. The average molecular weight is 383 g/mol. The molecule has 150 valence electrons. The van der Waals surface area contributed by atoms with Gasteiger partial charge >= 0.3 is 6.03 Å². The standard InChI is InChI=1S/C21H29N5O2/c1-3-4-12-26-19(15-16(2)24-26)23-21(28)25-13-10-18(11-14-25)22-20(27)17-8-6-5-7-9-17/h5-9,15,18H,3-4,10-14H2,1-2H3,(H,22,27)(H,23,28). The van der Waals surface area contributed by atoms with Gasteiger partial charge < -0.3 is 10.2 Å². The highest BCUT2D eigenvalue weighted by Gasteiger charge is 2.24. The number of rotatable bonds is 6. The molecule has 1 saturated heterocycles. The van der Waals surface area contributed by atoms with Crippen LogP contribution in [0.15, 0.2) is 36.4 Å². The van der Waals surface area contributed by atoms with E-state index in [2.05, 4.69) is 22.7 Å². The van der Waals surface area contributed by atoms with Gasteiger partial charge in [-0.1, -0.05) is 31.5 Å². The highest BCUT2D eigenvalue weighted by atomic mass is 16.2. The Morgan fingerprint density at radius 3 is 2.57 bits per heavy atom. The van der Waals surface area contributed by atoms with E-state index >= 15 is 0 Å². The number of likely N-dealkylation sites (tertiary alicyclic amines) is 1. The number of nitrogens with one attached hydrogen (secondary N) is 2. The second-order valence-electron chi connectivity index (χ2n) is 7.28. The minimum Gasteiger partial charge on any atom is -0.349 e. The Kier molecular flexibility index (Phi) is 6.68. The highest BCUT2D eigenvalue weighted by Crippen LogP contribution is 2.16. The Balaban J connectivity index is 1.49. The van der Waals surface area contributed by atoms with Gasteiger partial charge in [0.15, 0.2) is 0 Å². The van der Waals surface area contributed by atoms with Gasteiger partial charge in [0.25, 0.3) is 5.91 Å². The molecule has 1 aromatic heterocycles. The molecule has 0 bridgehead atoms. The largest absolute Gasteiger partial charge is 0.349 e. The Labute approximate surface area is 166 Å². The molecule has 2 aromatic rings. The molecule has 7 heteroatoms. The molecule has 0 saturated carbocycles. The van der Waals surface area contributed by atoms with E-state index in [-0.39, 0.29) is 18.0 Å². The van der Waals surface area contributed by atoms with Crippen LogP contribution in [0.2, 0.25) is 0 Å². The van der Waals surface area contributed by atoms with Crippen LogP contribution in [0.1, 0.15) is 48.7 Å². The molecule has 0 aliphatic carbocycles. The monoisotopic (exact) mass is 383 g/mol. The lowest BCUT2D eigenvalue weighted by Crippen LogP contribution is -2.47. The Morgan fingerprint density at radius 1 is 1.18 bits per heavy atom. The van der Waals surface area contributed by atoms with E-state index in [0.717, 1.165) is 43.7 Å². The second kappa shape index (κ2) is 9.39. The summed E-state index contributed by atoms with van der Waals surface area (Å²) in [5.41, 5.74) is 1.56. The first-order valence-corrected chi connectivity index (χ1v) is 10.0. The minimum absolute atomic E-state index is 0.0567. The topological polar surface area (TPSA) is 79.3 Å². The molecule has 2 heterocycles. The van der Waals surface area contributed by atoms with Gasteiger partial charge in [0.1, 0.15) is 5.82 Å². The van der Waals surface area contributed by atoms with E-state index in [9.17, 15) is 9.59 Å². The summed E-state index contributed by atoms with van der Waals surface area (Å²) < 4.78 is 1.86. The molecule has 1 aliphatic rings. The van der Waals surface area contributed by atoms with Crippen molar-refractivity contribution in [2.75, 3.05) is 18.4 Å². The first-order chi connectivity index (χ1) is 13.6. The summed E-state index contributed by atoms with van der Waals surface area (Å²) in [6.07, 6.45) is 3.60. The van der Waals surface area contributed by atoms with E-state index < -0.39 is 0 Å². The van der Waals surface area contributed by atoms with Gasteiger partial charge in [0.2, 0.25) is 0 Å². The van der Waals surface area contributed by atoms with Crippen LogP contribution in [0, 0.1) is 6.92 Å². The zero-order valence-corrected chi connectivity index (χ0v) is 16.6. The quantitative estimate of drug-likeness (QED) is 0.802. The molecule has 3 rings (SSSR count). The summed E-state index contributed by atoms with van der Waals surface area (Å²) in [5, 5.41) is 10.5. The maximum Gasteiger partial charge on any atom is 0.323 e. The van der Waals surface area contributed by atoms with Crippen molar-refractivity contribution in [1.82, 2.24) is 20.0 Å². The molecule has 0 spiro atoms. The maximum absolute atomic E-state index is 12.6. The number of urea groups is 1. The molecule has 0 atom stereocenters. The summed E-state index contributed by atoms with van der Waals surface area (Å²) in [4.78, 5) is 26.7. The predicted molar refractivity (Wildman–Crippen MR) is 109 cm³/mol. The Hall–Kier alpha value is -2.83. The number of nitrogens with zero attached hydrogens (tertiary/aromatic N) is 3. The van der Waals surface area contributed by atoms with Crippen molar-refractivity contribution in [2.24, 2.45) is 0 Å². The van der Waals surface area contributed by atoms with Crippen molar-refractivity contribution in [3.05, 3.63) is 47.7 Å². The van der Waals surface area contributed by atoms with Crippen LogP contribution in [0.25, 0.3) is 0 Å². The highest BCUT2D eigenvalue weighted by molar-refractivity contribution is 5.94. The lowest BCUT2D eigenvalue weighted by atomic mass is 10.0. The summed E-state index contributed by atoms with van der Waals surface area (Å²) in [6.45, 7) is 6.10. The van der Waals surface area contributed by atoms with Gasteiger partial charge in [-0.05, 0) is 38.3 Å². The van der Waals surface area contributed by atoms with E-state index in [4.69, 9.17) is 0 Å².